The van der Waals surface area contributed by atoms with Crippen molar-refractivity contribution in [3.05, 3.63) is 46.0 Å². The van der Waals surface area contributed by atoms with E-state index in [0.29, 0.717) is 17.1 Å². The van der Waals surface area contributed by atoms with Gasteiger partial charge in [0, 0.05) is 16.9 Å². The van der Waals surface area contributed by atoms with Crippen LogP contribution in [-0.4, -0.2) is 11.6 Å². The molecule has 2 aromatic carbocycles. The van der Waals surface area contributed by atoms with Crippen LogP contribution in [0.2, 0.25) is 0 Å². The molecule has 0 spiro atoms. The lowest BCUT2D eigenvalue weighted by Crippen LogP contribution is -2.37. The van der Waals surface area contributed by atoms with Gasteiger partial charge in [-0.25, -0.2) is 4.79 Å². The molecule has 228 valence electrons. The quantitative estimate of drug-likeness (QED) is 0.135. The predicted molar refractivity (Wildman–Crippen MR) is 173 cm³/mol. The van der Waals surface area contributed by atoms with E-state index in [9.17, 15) is 4.79 Å². The lowest BCUT2D eigenvalue weighted by atomic mass is 9.83. The second kappa shape index (κ2) is 14.5. The maximum atomic E-state index is 13.0. The van der Waals surface area contributed by atoms with Crippen molar-refractivity contribution in [1.82, 2.24) is 0 Å². The molecule has 1 aliphatic rings. The van der Waals surface area contributed by atoms with Gasteiger partial charge in [0.05, 0.1) is 5.56 Å². The molecule has 0 saturated heterocycles. The van der Waals surface area contributed by atoms with Crippen LogP contribution >= 0.6 is 0 Å². The zero-order valence-electron chi connectivity index (χ0n) is 27.1. The summed E-state index contributed by atoms with van der Waals surface area (Å²) >= 11 is 0. The van der Waals surface area contributed by atoms with E-state index in [-0.39, 0.29) is 11.2 Å². The van der Waals surface area contributed by atoms with Gasteiger partial charge in [0.15, 0.2) is 0 Å². The molecule has 5 nitrogen and oxygen atoms in total. The highest BCUT2D eigenvalue weighted by Gasteiger charge is 2.35. The van der Waals surface area contributed by atoms with Crippen molar-refractivity contribution in [2.45, 2.75) is 132 Å². The summed E-state index contributed by atoms with van der Waals surface area (Å²) < 4.78 is 12.7. The van der Waals surface area contributed by atoms with Crippen LogP contribution in [0.5, 0.6) is 11.5 Å². The molecule has 0 fully saturated rings. The summed E-state index contributed by atoms with van der Waals surface area (Å²) in [6.07, 6.45) is 13.5. The number of carbonyl (C=O) groups is 1. The number of nitrogen functional groups attached to an aromatic ring is 2. The lowest BCUT2D eigenvalue weighted by molar-refractivity contribution is 0.0508. The SMILES string of the molecule is Cc1c(C)c2c(c(C)c1OC(=O)c1cc(N)ccc1N)CCC(C)(CCCC(C)CCCC(C)CCCC(C)C)O2. The third-order valence-corrected chi connectivity index (χ3v) is 9.33. The largest absolute Gasteiger partial charge is 0.487 e. The van der Waals surface area contributed by atoms with Crippen LogP contribution in [0.4, 0.5) is 11.4 Å². The molecule has 0 amide bonds. The third kappa shape index (κ3) is 8.90. The average molecular weight is 565 g/mol. The molecule has 5 heteroatoms. The second-order valence-corrected chi connectivity index (χ2v) is 13.7. The van der Waals surface area contributed by atoms with Crippen LogP contribution in [0.15, 0.2) is 18.2 Å². The minimum Gasteiger partial charge on any atom is -0.487 e. The molecule has 0 aromatic heterocycles. The van der Waals surface area contributed by atoms with Crippen molar-refractivity contribution >= 4 is 17.3 Å². The van der Waals surface area contributed by atoms with Gasteiger partial charge in [-0.1, -0.05) is 72.6 Å². The van der Waals surface area contributed by atoms with Crippen molar-refractivity contribution in [3.63, 3.8) is 0 Å². The zero-order valence-corrected chi connectivity index (χ0v) is 27.1. The van der Waals surface area contributed by atoms with Crippen LogP contribution in [0.25, 0.3) is 0 Å². The van der Waals surface area contributed by atoms with Crippen molar-refractivity contribution < 1.29 is 14.3 Å². The van der Waals surface area contributed by atoms with Gasteiger partial charge in [0.25, 0.3) is 0 Å². The first-order valence-corrected chi connectivity index (χ1v) is 16.0. The van der Waals surface area contributed by atoms with Gasteiger partial charge in [0.2, 0.25) is 0 Å². The van der Waals surface area contributed by atoms with Crippen molar-refractivity contribution in [1.29, 1.82) is 0 Å². The zero-order chi connectivity index (χ0) is 30.3. The van der Waals surface area contributed by atoms with Gasteiger partial charge in [-0.3, -0.25) is 0 Å². The van der Waals surface area contributed by atoms with Crippen LogP contribution in [0.3, 0.4) is 0 Å². The average Bonchev–Trinajstić information content (AvgIpc) is 2.90. The lowest BCUT2D eigenvalue weighted by Gasteiger charge is -2.38. The normalized spacial score (nSPS) is 18.1. The minimum absolute atomic E-state index is 0.171. The van der Waals surface area contributed by atoms with Gasteiger partial charge in [-0.05, 0) is 106 Å². The van der Waals surface area contributed by atoms with Crippen LogP contribution < -0.4 is 20.9 Å². The smallest absolute Gasteiger partial charge is 0.345 e. The van der Waals surface area contributed by atoms with E-state index in [0.717, 1.165) is 65.0 Å². The number of rotatable bonds is 14. The molecule has 3 unspecified atom stereocenters. The Morgan fingerprint density at radius 1 is 0.902 bits per heavy atom. The summed E-state index contributed by atoms with van der Waals surface area (Å²) in [5.74, 6) is 3.52. The molecule has 0 saturated carbocycles. The summed E-state index contributed by atoms with van der Waals surface area (Å²) in [5.41, 5.74) is 16.9. The standard InChI is InChI=1S/C36H56N2O3/c1-23(2)12-9-13-24(3)14-10-15-25(4)16-11-20-36(8)21-19-30-28(7)33(26(5)27(6)34(30)41-36)40-35(39)31-22-29(37)17-18-32(31)38/h17-18,22-25H,9-16,19-21,37-38H2,1-8H3. The topological polar surface area (TPSA) is 87.6 Å². The highest BCUT2D eigenvalue weighted by molar-refractivity contribution is 5.97. The van der Waals surface area contributed by atoms with E-state index in [4.69, 9.17) is 20.9 Å². The molecule has 41 heavy (non-hydrogen) atoms. The van der Waals surface area contributed by atoms with E-state index in [1.807, 2.05) is 13.8 Å². The van der Waals surface area contributed by atoms with Crippen LogP contribution in [0.1, 0.15) is 131 Å². The second-order valence-electron chi connectivity index (χ2n) is 13.7. The number of hydrogen-bond acceptors (Lipinski definition) is 5. The van der Waals surface area contributed by atoms with E-state index in [2.05, 4.69) is 41.5 Å². The molecule has 0 bridgehead atoms. The van der Waals surface area contributed by atoms with Crippen LogP contribution in [0, 0.1) is 38.5 Å². The molecular weight excluding hydrogens is 508 g/mol. The summed E-state index contributed by atoms with van der Waals surface area (Å²) in [7, 11) is 0. The molecule has 3 atom stereocenters. The number of ether oxygens (including phenoxy) is 2. The summed E-state index contributed by atoms with van der Waals surface area (Å²) in [6, 6.07) is 4.88. The molecule has 1 aliphatic heterocycles. The number of carbonyl (C=O) groups excluding carboxylic acids is 1. The number of benzene rings is 2. The van der Waals surface area contributed by atoms with Gasteiger partial charge in [-0.2, -0.15) is 0 Å². The highest BCUT2D eigenvalue weighted by Crippen LogP contribution is 2.45. The Morgan fingerprint density at radius 2 is 1.51 bits per heavy atom. The fourth-order valence-electron chi connectivity index (χ4n) is 6.31. The molecule has 3 rings (SSSR count). The van der Waals surface area contributed by atoms with E-state index in [1.54, 1.807) is 18.2 Å². The number of anilines is 2. The fourth-order valence-corrected chi connectivity index (χ4v) is 6.31. The van der Waals surface area contributed by atoms with E-state index < -0.39 is 5.97 Å². The van der Waals surface area contributed by atoms with Crippen molar-refractivity contribution in [2.24, 2.45) is 17.8 Å². The number of fused-ring (bicyclic) bond motifs is 1. The Balaban J connectivity index is 1.55. The molecular formula is C36H56N2O3. The first kappa shape index (κ1) is 32.8. The molecule has 4 N–H and O–H groups in total. The maximum absolute atomic E-state index is 13.0. The Kier molecular flexibility index (Phi) is 11.6. The van der Waals surface area contributed by atoms with E-state index in [1.165, 1.54) is 51.4 Å². The monoisotopic (exact) mass is 564 g/mol. The van der Waals surface area contributed by atoms with Gasteiger partial charge in [0.1, 0.15) is 17.1 Å². The summed E-state index contributed by atoms with van der Waals surface area (Å²) in [4.78, 5) is 13.0. The summed E-state index contributed by atoms with van der Waals surface area (Å²) in [6.45, 7) is 17.8. The van der Waals surface area contributed by atoms with Gasteiger partial charge >= 0.3 is 5.97 Å². The Morgan fingerprint density at radius 3 is 2.15 bits per heavy atom. The molecule has 1 heterocycles. The number of esters is 1. The molecule has 0 radical (unpaired) electrons. The molecule has 0 aliphatic carbocycles. The Hall–Kier alpha value is -2.69. The fraction of sp³-hybridized carbons (Fsp3) is 0.639. The third-order valence-electron chi connectivity index (χ3n) is 9.33. The molecule has 2 aromatic rings. The van der Waals surface area contributed by atoms with Crippen molar-refractivity contribution in [2.75, 3.05) is 11.5 Å². The van der Waals surface area contributed by atoms with E-state index >= 15 is 0 Å². The maximum Gasteiger partial charge on any atom is 0.345 e. The summed E-state index contributed by atoms with van der Waals surface area (Å²) in [5, 5.41) is 0. The Bertz CT molecular complexity index is 1190. The predicted octanol–water partition coefficient (Wildman–Crippen LogP) is 9.52. The van der Waals surface area contributed by atoms with Gasteiger partial charge in [-0.15, -0.1) is 0 Å². The van der Waals surface area contributed by atoms with Gasteiger partial charge < -0.3 is 20.9 Å². The highest BCUT2D eigenvalue weighted by atomic mass is 16.5. The number of hydrogen-bond donors (Lipinski definition) is 2. The Labute approximate surface area is 249 Å². The van der Waals surface area contributed by atoms with Crippen molar-refractivity contribution in [3.8, 4) is 11.5 Å². The first-order valence-electron chi connectivity index (χ1n) is 16.0. The minimum atomic E-state index is -0.489. The van der Waals surface area contributed by atoms with Crippen LogP contribution in [-0.2, 0) is 6.42 Å². The number of nitrogens with two attached hydrogens (primary N) is 2. The first-order chi connectivity index (χ1) is 19.3.